The van der Waals surface area contributed by atoms with Crippen LogP contribution in [0.3, 0.4) is 0 Å². The number of benzene rings is 1. The van der Waals surface area contributed by atoms with Crippen molar-refractivity contribution in [1.29, 1.82) is 0 Å². The molecular formula is C18H27NO2. The summed E-state index contributed by atoms with van der Waals surface area (Å²) < 4.78 is 5.54. The second-order valence-corrected chi connectivity index (χ2v) is 6.31. The van der Waals surface area contributed by atoms with E-state index in [0.29, 0.717) is 12.5 Å². The van der Waals surface area contributed by atoms with Crippen LogP contribution in [-0.4, -0.2) is 37.1 Å². The van der Waals surface area contributed by atoms with Crippen LogP contribution in [-0.2, 0) is 9.53 Å². The van der Waals surface area contributed by atoms with Gasteiger partial charge in [0, 0.05) is 6.54 Å². The van der Waals surface area contributed by atoms with Gasteiger partial charge < -0.3 is 4.74 Å². The maximum Gasteiger partial charge on any atom is 0.313 e. The number of nitrogens with zero attached hydrogens (tertiary/aromatic N) is 1. The quantitative estimate of drug-likeness (QED) is 0.720. The van der Waals surface area contributed by atoms with Crippen molar-refractivity contribution in [1.82, 2.24) is 4.90 Å². The van der Waals surface area contributed by atoms with Gasteiger partial charge in [-0.2, -0.15) is 0 Å². The van der Waals surface area contributed by atoms with Gasteiger partial charge in [0.1, 0.15) is 6.61 Å². The highest BCUT2D eigenvalue weighted by atomic mass is 16.5. The summed E-state index contributed by atoms with van der Waals surface area (Å²) in [5, 5.41) is 0. The zero-order valence-corrected chi connectivity index (χ0v) is 13.3. The predicted molar refractivity (Wildman–Crippen MR) is 85.3 cm³/mol. The molecule has 1 atom stereocenters. The van der Waals surface area contributed by atoms with Crippen molar-refractivity contribution >= 4 is 5.97 Å². The van der Waals surface area contributed by atoms with Gasteiger partial charge in [0.15, 0.2) is 0 Å². The number of rotatable bonds is 7. The maximum atomic E-state index is 12.4. The Balaban J connectivity index is 1.88. The van der Waals surface area contributed by atoms with Crippen LogP contribution in [0.1, 0.15) is 44.6 Å². The van der Waals surface area contributed by atoms with Crippen molar-refractivity contribution in [3.8, 4) is 0 Å². The maximum absolute atomic E-state index is 12.4. The number of esters is 1. The van der Waals surface area contributed by atoms with Gasteiger partial charge in [0.05, 0.1) is 5.92 Å². The lowest BCUT2D eigenvalue weighted by molar-refractivity contribution is -0.146. The fourth-order valence-corrected chi connectivity index (χ4v) is 2.91. The summed E-state index contributed by atoms with van der Waals surface area (Å²) in [6.07, 6.45) is 3.38. The lowest BCUT2D eigenvalue weighted by atomic mass is 9.90. The average molecular weight is 289 g/mol. The lowest BCUT2D eigenvalue weighted by Crippen LogP contribution is -2.27. The molecular weight excluding hydrogens is 262 g/mol. The van der Waals surface area contributed by atoms with E-state index in [1.807, 2.05) is 30.3 Å². The van der Waals surface area contributed by atoms with E-state index in [1.165, 1.54) is 12.8 Å². The third kappa shape index (κ3) is 5.16. The molecule has 3 heteroatoms. The Morgan fingerprint density at radius 1 is 1.19 bits per heavy atom. The molecule has 0 spiro atoms. The number of hydrogen-bond acceptors (Lipinski definition) is 3. The second-order valence-electron chi connectivity index (χ2n) is 6.31. The summed E-state index contributed by atoms with van der Waals surface area (Å²) in [5.74, 6) is 0.264. The van der Waals surface area contributed by atoms with E-state index in [-0.39, 0.29) is 11.9 Å². The molecule has 1 heterocycles. The summed E-state index contributed by atoms with van der Waals surface area (Å²) in [6.45, 7) is 7.97. The highest BCUT2D eigenvalue weighted by molar-refractivity contribution is 5.78. The van der Waals surface area contributed by atoms with Crippen LogP contribution in [0.25, 0.3) is 0 Å². The first-order valence-corrected chi connectivity index (χ1v) is 8.10. The predicted octanol–water partition coefficient (Wildman–Crippen LogP) is 3.46. The van der Waals surface area contributed by atoms with Gasteiger partial charge in [-0.3, -0.25) is 9.69 Å². The fourth-order valence-electron chi connectivity index (χ4n) is 2.91. The van der Waals surface area contributed by atoms with Crippen LogP contribution >= 0.6 is 0 Å². The Labute approximate surface area is 128 Å². The summed E-state index contributed by atoms with van der Waals surface area (Å²) >= 11 is 0. The van der Waals surface area contributed by atoms with Gasteiger partial charge in [0.25, 0.3) is 0 Å². The SMILES string of the molecule is CC(C)CC(C(=O)OCCN1CCCC1)c1ccccc1. The summed E-state index contributed by atoms with van der Waals surface area (Å²) in [4.78, 5) is 14.8. The van der Waals surface area contributed by atoms with Gasteiger partial charge in [-0.1, -0.05) is 44.2 Å². The Morgan fingerprint density at radius 3 is 2.48 bits per heavy atom. The molecule has 0 aliphatic carbocycles. The van der Waals surface area contributed by atoms with E-state index < -0.39 is 0 Å². The van der Waals surface area contributed by atoms with E-state index in [4.69, 9.17) is 4.74 Å². The van der Waals surface area contributed by atoms with E-state index in [2.05, 4.69) is 18.7 Å². The topological polar surface area (TPSA) is 29.5 Å². The average Bonchev–Trinajstić information content (AvgIpc) is 2.98. The first kappa shape index (κ1) is 16.0. The molecule has 1 aliphatic rings. The third-order valence-corrected chi connectivity index (χ3v) is 4.04. The van der Waals surface area contributed by atoms with Gasteiger partial charge in [-0.15, -0.1) is 0 Å². The zero-order chi connectivity index (χ0) is 15.1. The van der Waals surface area contributed by atoms with Crippen molar-refractivity contribution in [3.05, 3.63) is 35.9 Å². The Hall–Kier alpha value is -1.35. The van der Waals surface area contributed by atoms with Gasteiger partial charge in [-0.25, -0.2) is 0 Å². The van der Waals surface area contributed by atoms with Crippen molar-refractivity contribution in [2.45, 2.75) is 39.0 Å². The van der Waals surface area contributed by atoms with Crippen molar-refractivity contribution < 1.29 is 9.53 Å². The van der Waals surface area contributed by atoms with Gasteiger partial charge >= 0.3 is 5.97 Å². The van der Waals surface area contributed by atoms with Crippen LogP contribution < -0.4 is 0 Å². The standard InChI is InChI=1S/C18H27NO2/c1-15(2)14-17(16-8-4-3-5-9-16)18(20)21-13-12-19-10-6-7-11-19/h3-5,8-9,15,17H,6-7,10-14H2,1-2H3. The van der Waals surface area contributed by atoms with Crippen molar-refractivity contribution in [2.75, 3.05) is 26.2 Å². The molecule has 1 aromatic carbocycles. The largest absolute Gasteiger partial charge is 0.464 e. The first-order valence-electron chi connectivity index (χ1n) is 8.10. The summed E-state index contributed by atoms with van der Waals surface area (Å²) in [6, 6.07) is 10.00. The lowest BCUT2D eigenvalue weighted by Gasteiger charge is -2.20. The van der Waals surface area contributed by atoms with Crippen LogP contribution in [0.5, 0.6) is 0 Å². The molecule has 3 nitrogen and oxygen atoms in total. The van der Waals surface area contributed by atoms with Gasteiger partial charge in [0.2, 0.25) is 0 Å². The molecule has 21 heavy (non-hydrogen) atoms. The van der Waals surface area contributed by atoms with Crippen molar-refractivity contribution in [3.63, 3.8) is 0 Å². The second kappa shape index (κ2) is 8.18. The molecule has 1 aromatic rings. The molecule has 2 rings (SSSR count). The molecule has 0 amide bonds. The van der Waals surface area contributed by atoms with Crippen molar-refractivity contribution in [2.24, 2.45) is 5.92 Å². The molecule has 0 bridgehead atoms. The van der Waals surface area contributed by atoms with Crippen LogP contribution in [0.15, 0.2) is 30.3 Å². The minimum atomic E-state index is -0.134. The summed E-state index contributed by atoms with van der Waals surface area (Å²) in [5.41, 5.74) is 1.07. The third-order valence-electron chi connectivity index (χ3n) is 4.04. The molecule has 1 aliphatic heterocycles. The highest BCUT2D eigenvalue weighted by Crippen LogP contribution is 2.25. The van der Waals surface area contributed by atoms with E-state index in [1.54, 1.807) is 0 Å². The Bertz CT molecular complexity index is 424. The normalized spacial score (nSPS) is 17.1. The van der Waals surface area contributed by atoms with Crippen LogP contribution in [0, 0.1) is 5.92 Å². The van der Waals surface area contributed by atoms with Gasteiger partial charge in [-0.05, 0) is 43.8 Å². The molecule has 1 unspecified atom stereocenters. The molecule has 0 saturated carbocycles. The molecule has 0 radical (unpaired) electrons. The monoisotopic (exact) mass is 289 g/mol. The molecule has 1 saturated heterocycles. The smallest absolute Gasteiger partial charge is 0.313 e. The first-order chi connectivity index (χ1) is 10.2. The van der Waals surface area contributed by atoms with E-state index >= 15 is 0 Å². The summed E-state index contributed by atoms with van der Waals surface area (Å²) in [7, 11) is 0. The number of likely N-dealkylation sites (tertiary alicyclic amines) is 1. The van der Waals surface area contributed by atoms with Crippen LogP contribution in [0.2, 0.25) is 0 Å². The fraction of sp³-hybridized carbons (Fsp3) is 0.611. The number of carbonyl (C=O) groups is 1. The van der Waals surface area contributed by atoms with E-state index in [0.717, 1.165) is 31.6 Å². The molecule has 1 fully saturated rings. The molecule has 0 aromatic heterocycles. The van der Waals surface area contributed by atoms with Crippen LogP contribution in [0.4, 0.5) is 0 Å². The number of hydrogen-bond donors (Lipinski definition) is 0. The Kier molecular flexibility index (Phi) is 6.24. The molecule has 0 N–H and O–H groups in total. The zero-order valence-electron chi connectivity index (χ0n) is 13.3. The van der Waals surface area contributed by atoms with E-state index in [9.17, 15) is 4.79 Å². The molecule has 116 valence electrons. The minimum Gasteiger partial charge on any atom is -0.464 e. The minimum absolute atomic E-state index is 0.0749. The highest BCUT2D eigenvalue weighted by Gasteiger charge is 2.23. The Morgan fingerprint density at radius 2 is 1.86 bits per heavy atom. The number of carbonyl (C=O) groups excluding carboxylic acids is 1. The number of ether oxygens (including phenoxy) is 1.